The highest BCUT2D eigenvalue weighted by molar-refractivity contribution is 5.89. The molecule has 0 aliphatic heterocycles. The largest absolute Gasteiger partial charge is 0.452 e. The van der Waals surface area contributed by atoms with Crippen LogP contribution in [0.5, 0.6) is 0 Å². The summed E-state index contributed by atoms with van der Waals surface area (Å²) in [5.41, 5.74) is 0.630. The predicted octanol–water partition coefficient (Wildman–Crippen LogP) is 3.37. The molecule has 3 aromatic rings. The number of esters is 1. The normalized spacial score (nSPS) is 10.5. The van der Waals surface area contributed by atoms with Crippen molar-refractivity contribution in [3.63, 3.8) is 0 Å². The fourth-order valence-electron chi connectivity index (χ4n) is 1.84. The van der Waals surface area contributed by atoms with Crippen molar-refractivity contribution < 1.29 is 22.7 Å². The second kappa shape index (κ2) is 6.35. The van der Waals surface area contributed by atoms with E-state index in [-0.39, 0.29) is 18.1 Å². The molecule has 0 bridgehead atoms. The van der Waals surface area contributed by atoms with Crippen molar-refractivity contribution in [2.75, 3.05) is 0 Å². The van der Waals surface area contributed by atoms with E-state index in [1.165, 1.54) is 0 Å². The predicted molar refractivity (Wildman–Crippen MR) is 75.2 cm³/mol. The van der Waals surface area contributed by atoms with Crippen LogP contribution in [0, 0.1) is 11.6 Å². The zero-order chi connectivity index (χ0) is 16.2. The minimum Gasteiger partial charge on any atom is -0.452 e. The molecule has 0 amide bonds. The van der Waals surface area contributed by atoms with Crippen LogP contribution < -0.4 is 0 Å². The van der Waals surface area contributed by atoms with Gasteiger partial charge in [0.1, 0.15) is 0 Å². The molecule has 0 N–H and O–H groups in total. The maximum atomic E-state index is 13.1. The molecule has 0 aliphatic carbocycles. The summed E-state index contributed by atoms with van der Waals surface area (Å²) in [6.07, 6.45) is 0. The number of ether oxygens (including phenoxy) is 1. The molecule has 5 nitrogen and oxygen atoms in total. The molecule has 1 aromatic heterocycles. The SMILES string of the molecule is O=C(OCc1nnc(-c2ccccc2)o1)c1ccc(F)c(F)c1. The number of hydrogen-bond donors (Lipinski definition) is 0. The molecule has 116 valence electrons. The van der Waals surface area contributed by atoms with Crippen LogP contribution in [0.4, 0.5) is 8.78 Å². The molecule has 0 saturated carbocycles. The van der Waals surface area contributed by atoms with Crippen molar-refractivity contribution >= 4 is 5.97 Å². The second-order valence-corrected chi connectivity index (χ2v) is 4.57. The molecule has 0 fully saturated rings. The number of rotatable bonds is 4. The van der Waals surface area contributed by atoms with E-state index >= 15 is 0 Å². The number of nitrogens with zero attached hydrogens (tertiary/aromatic N) is 2. The Kier molecular flexibility index (Phi) is 4.09. The minimum absolute atomic E-state index is 0.0970. The molecule has 0 aliphatic rings. The Morgan fingerprint density at radius 2 is 1.83 bits per heavy atom. The Morgan fingerprint density at radius 3 is 2.57 bits per heavy atom. The maximum absolute atomic E-state index is 13.1. The average Bonchev–Trinajstić information content (AvgIpc) is 3.05. The molecule has 0 atom stereocenters. The summed E-state index contributed by atoms with van der Waals surface area (Å²) in [4.78, 5) is 11.8. The lowest BCUT2D eigenvalue weighted by molar-refractivity contribution is 0.0438. The lowest BCUT2D eigenvalue weighted by atomic mass is 10.2. The van der Waals surface area contributed by atoms with Gasteiger partial charge in [0, 0.05) is 5.56 Å². The first kappa shape index (κ1) is 14.8. The Bertz CT molecular complexity index is 834. The van der Waals surface area contributed by atoms with Crippen LogP contribution in [0.3, 0.4) is 0 Å². The summed E-state index contributed by atoms with van der Waals surface area (Å²) in [6, 6.07) is 11.8. The van der Waals surface area contributed by atoms with Crippen molar-refractivity contribution in [3.05, 3.63) is 71.6 Å². The standard InChI is InChI=1S/C16H10F2N2O3/c17-12-7-6-11(8-13(12)18)16(21)22-9-14-19-20-15(23-14)10-4-2-1-3-5-10/h1-8H,9H2. The van der Waals surface area contributed by atoms with E-state index in [0.717, 1.165) is 23.8 Å². The van der Waals surface area contributed by atoms with Crippen LogP contribution in [-0.2, 0) is 11.3 Å². The van der Waals surface area contributed by atoms with E-state index in [4.69, 9.17) is 9.15 Å². The van der Waals surface area contributed by atoms with Crippen LogP contribution >= 0.6 is 0 Å². The van der Waals surface area contributed by atoms with Gasteiger partial charge < -0.3 is 9.15 Å². The molecule has 0 radical (unpaired) electrons. The van der Waals surface area contributed by atoms with Crippen LogP contribution in [-0.4, -0.2) is 16.2 Å². The summed E-state index contributed by atoms with van der Waals surface area (Å²) in [7, 11) is 0. The zero-order valence-corrected chi connectivity index (χ0v) is 11.7. The maximum Gasteiger partial charge on any atom is 0.338 e. The van der Waals surface area contributed by atoms with E-state index in [1.54, 1.807) is 12.1 Å². The average molecular weight is 316 g/mol. The topological polar surface area (TPSA) is 65.2 Å². The molecule has 23 heavy (non-hydrogen) atoms. The van der Waals surface area contributed by atoms with E-state index in [0.29, 0.717) is 5.89 Å². The van der Waals surface area contributed by atoms with Crippen molar-refractivity contribution in [1.82, 2.24) is 10.2 Å². The minimum atomic E-state index is -1.12. The van der Waals surface area contributed by atoms with Gasteiger partial charge in [-0.2, -0.15) is 0 Å². The number of carbonyl (C=O) groups excluding carboxylic acids is 1. The molecular formula is C16H10F2N2O3. The molecule has 1 heterocycles. The number of benzene rings is 2. The van der Waals surface area contributed by atoms with Gasteiger partial charge in [0.25, 0.3) is 5.89 Å². The van der Waals surface area contributed by atoms with E-state index in [1.807, 2.05) is 18.2 Å². The van der Waals surface area contributed by atoms with Gasteiger partial charge in [-0.15, -0.1) is 10.2 Å². The first-order chi connectivity index (χ1) is 11.1. The first-order valence-electron chi connectivity index (χ1n) is 6.63. The number of hydrogen-bond acceptors (Lipinski definition) is 5. The van der Waals surface area contributed by atoms with Crippen LogP contribution in [0.25, 0.3) is 11.5 Å². The molecule has 0 spiro atoms. The van der Waals surface area contributed by atoms with Gasteiger partial charge in [-0.05, 0) is 30.3 Å². The summed E-state index contributed by atoms with van der Waals surface area (Å²) in [5, 5.41) is 7.61. The smallest absolute Gasteiger partial charge is 0.338 e. The van der Waals surface area contributed by atoms with E-state index in [2.05, 4.69) is 10.2 Å². The number of aromatic nitrogens is 2. The van der Waals surface area contributed by atoms with Crippen LogP contribution in [0.2, 0.25) is 0 Å². The van der Waals surface area contributed by atoms with Gasteiger partial charge in [-0.25, -0.2) is 13.6 Å². The third-order valence-electron chi connectivity index (χ3n) is 2.97. The first-order valence-corrected chi connectivity index (χ1v) is 6.63. The van der Waals surface area contributed by atoms with Crippen LogP contribution in [0.1, 0.15) is 16.2 Å². The fourth-order valence-corrected chi connectivity index (χ4v) is 1.84. The summed E-state index contributed by atoms with van der Waals surface area (Å²) in [5.74, 6) is -2.58. The van der Waals surface area contributed by atoms with Gasteiger partial charge in [-0.1, -0.05) is 18.2 Å². The Balaban J connectivity index is 1.65. The summed E-state index contributed by atoms with van der Waals surface area (Å²) < 4.78 is 36.2. The van der Waals surface area contributed by atoms with Crippen LogP contribution in [0.15, 0.2) is 52.9 Å². The van der Waals surface area contributed by atoms with Crippen molar-refractivity contribution in [3.8, 4) is 11.5 Å². The lowest BCUT2D eigenvalue weighted by Crippen LogP contribution is -2.06. The Labute approximate surface area is 129 Å². The van der Waals surface area contributed by atoms with E-state index in [9.17, 15) is 13.6 Å². The number of carbonyl (C=O) groups is 1. The molecular weight excluding hydrogens is 306 g/mol. The third kappa shape index (κ3) is 3.39. The number of halogens is 2. The van der Waals surface area contributed by atoms with Gasteiger partial charge in [0.05, 0.1) is 5.56 Å². The lowest BCUT2D eigenvalue weighted by Gasteiger charge is -2.02. The molecule has 7 heteroatoms. The van der Waals surface area contributed by atoms with Gasteiger partial charge >= 0.3 is 5.97 Å². The molecule has 0 saturated heterocycles. The van der Waals surface area contributed by atoms with Gasteiger partial charge in [-0.3, -0.25) is 0 Å². The third-order valence-corrected chi connectivity index (χ3v) is 2.97. The Morgan fingerprint density at radius 1 is 1.04 bits per heavy atom. The second-order valence-electron chi connectivity index (χ2n) is 4.57. The fraction of sp³-hybridized carbons (Fsp3) is 0.0625. The molecule has 2 aromatic carbocycles. The van der Waals surface area contributed by atoms with Crippen molar-refractivity contribution in [2.45, 2.75) is 6.61 Å². The van der Waals surface area contributed by atoms with Crippen molar-refractivity contribution in [2.24, 2.45) is 0 Å². The quantitative estimate of drug-likeness (QED) is 0.690. The van der Waals surface area contributed by atoms with Crippen molar-refractivity contribution in [1.29, 1.82) is 0 Å². The van der Waals surface area contributed by atoms with Gasteiger partial charge in [0.2, 0.25) is 5.89 Å². The monoisotopic (exact) mass is 316 g/mol. The molecule has 3 rings (SSSR count). The van der Waals surface area contributed by atoms with E-state index < -0.39 is 17.6 Å². The zero-order valence-electron chi connectivity index (χ0n) is 11.7. The highest BCUT2D eigenvalue weighted by Gasteiger charge is 2.14. The summed E-state index contributed by atoms with van der Waals surface area (Å²) in [6.45, 7) is -0.266. The Hall–Kier alpha value is -3.09. The van der Waals surface area contributed by atoms with Gasteiger partial charge in [0.15, 0.2) is 18.2 Å². The molecule has 0 unspecified atom stereocenters. The summed E-state index contributed by atoms with van der Waals surface area (Å²) >= 11 is 0. The highest BCUT2D eigenvalue weighted by atomic mass is 19.2. The highest BCUT2D eigenvalue weighted by Crippen LogP contribution is 2.17.